The number of nitrogens with zero attached hydrogens (tertiary/aromatic N) is 3. The molecule has 0 bridgehead atoms. The molecule has 0 spiro atoms. The molecule has 0 radical (unpaired) electrons. The third kappa shape index (κ3) is 3.14. The minimum atomic E-state index is -0.336. The Morgan fingerprint density at radius 3 is 2.85 bits per heavy atom. The molecule has 0 fully saturated rings. The van der Waals surface area contributed by atoms with E-state index in [0.717, 1.165) is 23.4 Å². The molecule has 106 valence electrons. The number of anilines is 1. The summed E-state index contributed by atoms with van der Waals surface area (Å²) in [6.07, 6.45) is 3.39. The monoisotopic (exact) mass is 274 g/mol. The normalized spacial score (nSPS) is 10.5. The first-order chi connectivity index (χ1) is 9.61. The first kappa shape index (κ1) is 14.0. The molecule has 1 aromatic carbocycles. The minimum absolute atomic E-state index is 0.177. The molecule has 0 aliphatic carbocycles. The van der Waals surface area contributed by atoms with E-state index in [1.54, 1.807) is 16.8 Å². The Balaban J connectivity index is 2.01. The molecule has 0 aliphatic heterocycles. The van der Waals surface area contributed by atoms with Gasteiger partial charge >= 0.3 is 0 Å². The van der Waals surface area contributed by atoms with Crippen LogP contribution in [0, 0.1) is 10.1 Å². The number of rotatable bonds is 6. The van der Waals surface area contributed by atoms with Crippen LogP contribution in [0.15, 0.2) is 30.5 Å². The van der Waals surface area contributed by atoms with Gasteiger partial charge in [-0.15, -0.1) is 0 Å². The number of hydrogen-bond acceptors (Lipinski definition) is 4. The third-order valence-corrected chi connectivity index (χ3v) is 3.14. The van der Waals surface area contributed by atoms with E-state index in [4.69, 9.17) is 0 Å². The number of nitro groups is 1. The predicted molar refractivity (Wildman–Crippen MR) is 77.9 cm³/mol. The van der Waals surface area contributed by atoms with Crippen molar-refractivity contribution in [3.05, 3.63) is 51.8 Å². The number of nitrogens with one attached hydrogen (secondary N) is 1. The highest BCUT2D eigenvalue weighted by Crippen LogP contribution is 2.19. The van der Waals surface area contributed by atoms with Crippen molar-refractivity contribution in [1.82, 2.24) is 9.78 Å². The van der Waals surface area contributed by atoms with Crippen molar-refractivity contribution in [3.8, 4) is 0 Å². The van der Waals surface area contributed by atoms with Crippen LogP contribution in [0.3, 0.4) is 0 Å². The number of nitro benzene ring substituents is 1. The van der Waals surface area contributed by atoms with Crippen molar-refractivity contribution in [3.63, 3.8) is 0 Å². The van der Waals surface area contributed by atoms with Crippen LogP contribution in [-0.2, 0) is 19.9 Å². The minimum Gasteiger partial charge on any atom is -0.382 e. The van der Waals surface area contributed by atoms with Gasteiger partial charge in [-0.25, -0.2) is 0 Å². The number of aryl methyl sites for hydroxylation is 2. The van der Waals surface area contributed by atoms with E-state index in [1.807, 2.05) is 19.3 Å². The fraction of sp³-hybridized carbons (Fsp3) is 0.357. The molecule has 1 aromatic heterocycles. The summed E-state index contributed by atoms with van der Waals surface area (Å²) >= 11 is 0. The molecule has 6 nitrogen and oxygen atoms in total. The van der Waals surface area contributed by atoms with Crippen molar-refractivity contribution >= 4 is 11.4 Å². The first-order valence-corrected chi connectivity index (χ1v) is 6.60. The van der Waals surface area contributed by atoms with E-state index in [1.165, 1.54) is 6.07 Å². The summed E-state index contributed by atoms with van der Waals surface area (Å²) < 4.78 is 1.77. The fourth-order valence-corrected chi connectivity index (χ4v) is 2.18. The molecule has 0 atom stereocenters. The predicted octanol–water partition coefficient (Wildman–Crippen LogP) is 2.55. The molecule has 6 heteroatoms. The standard InChI is InChI=1S/C14H18N4O2/c1-3-12-13(10-17(2)16-12)15-9-8-11-6-4-5-7-14(11)18(19)20/h4-7,10,15H,3,8-9H2,1-2H3. The SMILES string of the molecule is CCc1nn(C)cc1NCCc1ccccc1[N+](=O)[O-]. The smallest absolute Gasteiger partial charge is 0.272 e. The highest BCUT2D eigenvalue weighted by atomic mass is 16.6. The Morgan fingerprint density at radius 2 is 2.15 bits per heavy atom. The van der Waals surface area contributed by atoms with E-state index in [9.17, 15) is 10.1 Å². The Labute approximate surface area is 117 Å². The summed E-state index contributed by atoms with van der Waals surface area (Å²) in [6, 6.07) is 6.84. The van der Waals surface area contributed by atoms with Gasteiger partial charge in [0.15, 0.2) is 0 Å². The summed E-state index contributed by atoms with van der Waals surface area (Å²) in [6.45, 7) is 2.69. The Hall–Kier alpha value is -2.37. The van der Waals surface area contributed by atoms with Gasteiger partial charge in [0, 0.05) is 31.4 Å². The Morgan fingerprint density at radius 1 is 1.40 bits per heavy atom. The molecule has 0 amide bonds. The second kappa shape index (κ2) is 6.18. The lowest BCUT2D eigenvalue weighted by atomic mass is 10.1. The van der Waals surface area contributed by atoms with E-state index in [-0.39, 0.29) is 10.6 Å². The first-order valence-electron chi connectivity index (χ1n) is 6.60. The molecule has 1 heterocycles. The zero-order valence-corrected chi connectivity index (χ0v) is 11.7. The molecular weight excluding hydrogens is 256 g/mol. The zero-order chi connectivity index (χ0) is 14.5. The van der Waals surface area contributed by atoms with E-state index < -0.39 is 0 Å². The van der Waals surface area contributed by atoms with Crippen LogP contribution >= 0.6 is 0 Å². The molecule has 0 aliphatic rings. The van der Waals surface area contributed by atoms with Gasteiger partial charge < -0.3 is 5.32 Å². The fourth-order valence-electron chi connectivity index (χ4n) is 2.18. The number of benzene rings is 1. The van der Waals surface area contributed by atoms with Gasteiger partial charge in [-0.2, -0.15) is 5.10 Å². The molecule has 1 N–H and O–H groups in total. The molecule has 2 rings (SSSR count). The summed E-state index contributed by atoms with van der Waals surface area (Å²) in [5.41, 5.74) is 2.92. The summed E-state index contributed by atoms with van der Waals surface area (Å²) in [4.78, 5) is 10.6. The maximum atomic E-state index is 10.9. The molecule has 2 aromatic rings. The van der Waals surface area contributed by atoms with Crippen molar-refractivity contribution in [2.45, 2.75) is 19.8 Å². The van der Waals surface area contributed by atoms with Crippen LogP contribution in [0.5, 0.6) is 0 Å². The van der Waals surface area contributed by atoms with Gasteiger partial charge in [0.25, 0.3) is 5.69 Å². The average Bonchev–Trinajstić information content (AvgIpc) is 2.79. The molecular formula is C14H18N4O2. The average molecular weight is 274 g/mol. The third-order valence-electron chi connectivity index (χ3n) is 3.14. The van der Waals surface area contributed by atoms with Gasteiger partial charge in [-0.05, 0) is 12.8 Å². The van der Waals surface area contributed by atoms with Crippen LogP contribution in [-0.4, -0.2) is 21.2 Å². The number of para-hydroxylation sites is 1. The van der Waals surface area contributed by atoms with Crippen molar-refractivity contribution in [1.29, 1.82) is 0 Å². The van der Waals surface area contributed by atoms with Gasteiger partial charge in [-0.1, -0.05) is 25.1 Å². The van der Waals surface area contributed by atoms with E-state index >= 15 is 0 Å². The highest BCUT2D eigenvalue weighted by Gasteiger charge is 2.12. The summed E-state index contributed by atoms with van der Waals surface area (Å²) in [5.74, 6) is 0. The van der Waals surface area contributed by atoms with Gasteiger partial charge in [0.1, 0.15) is 0 Å². The molecule has 0 saturated heterocycles. The van der Waals surface area contributed by atoms with Crippen molar-refractivity contribution < 1.29 is 4.92 Å². The zero-order valence-electron chi connectivity index (χ0n) is 11.7. The lowest BCUT2D eigenvalue weighted by Crippen LogP contribution is -2.07. The van der Waals surface area contributed by atoms with E-state index in [2.05, 4.69) is 17.3 Å². The summed E-state index contributed by atoms with van der Waals surface area (Å²) in [5, 5.41) is 18.6. The Bertz CT molecular complexity index is 607. The largest absolute Gasteiger partial charge is 0.382 e. The lowest BCUT2D eigenvalue weighted by molar-refractivity contribution is -0.385. The van der Waals surface area contributed by atoms with Gasteiger partial charge in [0.05, 0.1) is 16.3 Å². The molecule has 20 heavy (non-hydrogen) atoms. The Kier molecular flexibility index (Phi) is 4.34. The van der Waals surface area contributed by atoms with Crippen molar-refractivity contribution in [2.75, 3.05) is 11.9 Å². The quantitative estimate of drug-likeness (QED) is 0.649. The van der Waals surface area contributed by atoms with Gasteiger partial charge in [0.2, 0.25) is 0 Å². The van der Waals surface area contributed by atoms with Crippen LogP contribution in [0.2, 0.25) is 0 Å². The lowest BCUT2D eigenvalue weighted by Gasteiger charge is -2.06. The molecule has 0 unspecified atom stereocenters. The van der Waals surface area contributed by atoms with Crippen LogP contribution in [0.4, 0.5) is 11.4 Å². The van der Waals surface area contributed by atoms with Crippen molar-refractivity contribution in [2.24, 2.45) is 7.05 Å². The number of hydrogen-bond donors (Lipinski definition) is 1. The van der Waals surface area contributed by atoms with Gasteiger partial charge in [-0.3, -0.25) is 14.8 Å². The highest BCUT2D eigenvalue weighted by molar-refractivity contribution is 5.47. The van der Waals surface area contributed by atoms with E-state index in [0.29, 0.717) is 13.0 Å². The maximum Gasteiger partial charge on any atom is 0.272 e. The van der Waals surface area contributed by atoms with Crippen LogP contribution < -0.4 is 5.32 Å². The second-order valence-electron chi connectivity index (χ2n) is 4.58. The maximum absolute atomic E-state index is 10.9. The summed E-state index contributed by atoms with van der Waals surface area (Å²) in [7, 11) is 1.88. The topological polar surface area (TPSA) is 73.0 Å². The number of aromatic nitrogens is 2. The second-order valence-corrected chi connectivity index (χ2v) is 4.58. The molecule has 0 saturated carbocycles. The van der Waals surface area contributed by atoms with Crippen LogP contribution in [0.25, 0.3) is 0 Å². The van der Waals surface area contributed by atoms with Crippen LogP contribution in [0.1, 0.15) is 18.2 Å².